The van der Waals surface area contributed by atoms with E-state index in [0.717, 1.165) is 24.5 Å². The molecule has 0 saturated carbocycles. The maximum absolute atomic E-state index is 10.8. The van der Waals surface area contributed by atoms with Crippen molar-refractivity contribution in [1.29, 1.82) is 0 Å². The quantitative estimate of drug-likeness (QED) is 0.905. The summed E-state index contributed by atoms with van der Waals surface area (Å²) < 4.78 is 0. The molecule has 0 aliphatic carbocycles. The molecule has 5 heteroatoms. The van der Waals surface area contributed by atoms with Crippen molar-refractivity contribution in [2.24, 2.45) is 5.92 Å². The molecule has 4 nitrogen and oxygen atoms in total. The zero-order chi connectivity index (χ0) is 13.3. The highest BCUT2D eigenvalue weighted by atomic mass is 32.1. The normalized spacial score (nSPS) is 24.9. The molecule has 0 radical (unpaired) electrons. The molecule has 18 heavy (non-hydrogen) atoms. The molecule has 0 aromatic carbocycles. The summed E-state index contributed by atoms with van der Waals surface area (Å²) in [5.74, 6) is -0.161. The number of hydrogen-bond donors (Lipinski definition) is 1. The number of thiophene rings is 1. The maximum Gasteiger partial charge on any atom is 0.345 e. The zero-order valence-electron chi connectivity index (χ0n) is 11.1. The first-order valence-corrected chi connectivity index (χ1v) is 7.00. The minimum atomic E-state index is -0.827. The van der Waals surface area contributed by atoms with Gasteiger partial charge in [0.15, 0.2) is 0 Å². The van der Waals surface area contributed by atoms with Crippen molar-refractivity contribution in [2.45, 2.75) is 19.5 Å². The Morgan fingerprint density at radius 2 is 2.22 bits per heavy atom. The summed E-state index contributed by atoms with van der Waals surface area (Å²) in [7, 11) is 4.25. The molecular formula is C13H20N2O2S. The minimum absolute atomic E-state index is 0.432. The predicted octanol–water partition coefficient (Wildman–Crippen LogP) is 1.83. The standard InChI is InChI=1S/C13H20N2O2S/c1-9-6-15(8-11(9)14(2)3)7-10-4-5-12(18-10)13(16)17/h4-5,9,11H,6-8H2,1-3H3,(H,16,17). The van der Waals surface area contributed by atoms with Crippen molar-refractivity contribution in [3.8, 4) is 0 Å². The summed E-state index contributed by atoms with van der Waals surface area (Å²) in [6.45, 7) is 5.30. The highest BCUT2D eigenvalue weighted by molar-refractivity contribution is 7.13. The average Bonchev–Trinajstić information content (AvgIpc) is 2.86. The predicted molar refractivity (Wildman–Crippen MR) is 73.2 cm³/mol. The molecule has 1 aliphatic heterocycles. The summed E-state index contributed by atoms with van der Waals surface area (Å²) in [6, 6.07) is 4.23. The lowest BCUT2D eigenvalue weighted by Gasteiger charge is -2.22. The van der Waals surface area contributed by atoms with Gasteiger partial charge in [-0.15, -0.1) is 11.3 Å². The van der Waals surface area contributed by atoms with Gasteiger partial charge >= 0.3 is 5.97 Å². The molecule has 1 aliphatic rings. The monoisotopic (exact) mass is 268 g/mol. The molecule has 1 N–H and O–H groups in total. The summed E-state index contributed by atoms with van der Waals surface area (Å²) >= 11 is 1.38. The highest BCUT2D eigenvalue weighted by Gasteiger charge is 2.30. The number of nitrogens with zero attached hydrogens (tertiary/aromatic N) is 2. The minimum Gasteiger partial charge on any atom is -0.477 e. The number of likely N-dealkylation sites (N-methyl/N-ethyl adjacent to an activating group) is 1. The molecule has 1 aromatic heterocycles. The van der Waals surface area contributed by atoms with E-state index >= 15 is 0 Å². The highest BCUT2D eigenvalue weighted by Crippen LogP contribution is 2.24. The van der Waals surface area contributed by atoms with Crippen LogP contribution in [0.1, 0.15) is 21.5 Å². The van der Waals surface area contributed by atoms with Gasteiger partial charge in [-0.2, -0.15) is 0 Å². The van der Waals surface area contributed by atoms with Gasteiger partial charge in [0.25, 0.3) is 0 Å². The van der Waals surface area contributed by atoms with E-state index in [1.165, 1.54) is 11.3 Å². The lowest BCUT2D eigenvalue weighted by molar-refractivity contribution is 0.0702. The number of carboxylic acids is 1. The zero-order valence-corrected chi connectivity index (χ0v) is 11.9. The first-order valence-electron chi connectivity index (χ1n) is 6.18. The summed E-state index contributed by atoms with van der Waals surface area (Å²) in [5, 5.41) is 8.91. The van der Waals surface area contributed by atoms with E-state index in [2.05, 4.69) is 30.8 Å². The Labute approximate surface area is 112 Å². The van der Waals surface area contributed by atoms with E-state index < -0.39 is 5.97 Å². The van der Waals surface area contributed by atoms with Crippen LogP contribution < -0.4 is 0 Å². The van der Waals surface area contributed by atoms with Gasteiger partial charge in [0.1, 0.15) is 4.88 Å². The molecule has 2 unspecified atom stereocenters. The smallest absolute Gasteiger partial charge is 0.345 e. The molecule has 2 rings (SSSR count). The molecule has 0 amide bonds. The Balaban J connectivity index is 1.96. The van der Waals surface area contributed by atoms with Gasteiger partial charge in [-0.3, -0.25) is 4.90 Å². The van der Waals surface area contributed by atoms with E-state index in [1.807, 2.05) is 6.07 Å². The fourth-order valence-electron chi connectivity index (χ4n) is 2.65. The first kappa shape index (κ1) is 13.5. The Hall–Kier alpha value is -0.910. The van der Waals surface area contributed by atoms with Crippen LogP contribution in [0, 0.1) is 5.92 Å². The van der Waals surface area contributed by atoms with Crippen molar-refractivity contribution < 1.29 is 9.90 Å². The summed E-state index contributed by atoms with van der Waals surface area (Å²) in [6.07, 6.45) is 0. The molecule has 1 aromatic rings. The van der Waals surface area contributed by atoms with Gasteiger partial charge in [0, 0.05) is 30.6 Å². The number of carboxylic acid groups (broad SMARTS) is 1. The molecule has 1 fully saturated rings. The lowest BCUT2D eigenvalue weighted by atomic mass is 10.1. The van der Waals surface area contributed by atoms with E-state index in [4.69, 9.17) is 5.11 Å². The Morgan fingerprint density at radius 3 is 2.72 bits per heavy atom. The van der Waals surface area contributed by atoms with Crippen LogP contribution in [0.5, 0.6) is 0 Å². The van der Waals surface area contributed by atoms with E-state index in [1.54, 1.807) is 6.07 Å². The molecule has 2 atom stereocenters. The van der Waals surface area contributed by atoms with Crippen molar-refractivity contribution in [3.05, 3.63) is 21.9 Å². The van der Waals surface area contributed by atoms with Crippen molar-refractivity contribution in [3.63, 3.8) is 0 Å². The van der Waals surface area contributed by atoms with Crippen molar-refractivity contribution in [1.82, 2.24) is 9.80 Å². The Bertz CT molecular complexity index is 430. The first-order chi connectivity index (χ1) is 8.47. The van der Waals surface area contributed by atoms with Crippen LogP contribution in [0.25, 0.3) is 0 Å². The van der Waals surface area contributed by atoms with Gasteiger partial charge in [0.2, 0.25) is 0 Å². The molecule has 1 saturated heterocycles. The van der Waals surface area contributed by atoms with Gasteiger partial charge < -0.3 is 10.0 Å². The van der Waals surface area contributed by atoms with E-state index in [9.17, 15) is 4.79 Å². The lowest BCUT2D eigenvalue weighted by Crippen LogP contribution is -2.34. The van der Waals surface area contributed by atoms with Crippen LogP contribution in [0.3, 0.4) is 0 Å². The van der Waals surface area contributed by atoms with E-state index in [0.29, 0.717) is 16.8 Å². The van der Waals surface area contributed by atoms with Gasteiger partial charge in [-0.05, 0) is 32.1 Å². The molecule has 100 valence electrons. The average molecular weight is 268 g/mol. The topological polar surface area (TPSA) is 43.8 Å². The van der Waals surface area contributed by atoms with Crippen molar-refractivity contribution >= 4 is 17.3 Å². The van der Waals surface area contributed by atoms with Gasteiger partial charge in [-0.1, -0.05) is 6.92 Å². The number of likely N-dealkylation sites (tertiary alicyclic amines) is 1. The number of rotatable bonds is 4. The number of hydrogen-bond acceptors (Lipinski definition) is 4. The van der Waals surface area contributed by atoms with Crippen LogP contribution in [-0.2, 0) is 6.54 Å². The van der Waals surface area contributed by atoms with Crippen LogP contribution >= 0.6 is 11.3 Å². The molecular weight excluding hydrogens is 248 g/mol. The third kappa shape index (κ3) is 2.91. The molecule has 0 spiro atoms. The number of aromatic carboxylic acids is 1. The maximum atomic E-state index is 10.8. The Kier molecular flexibility index (Phi) is 4.04. The second-order valence-corrected chi connectivity index (χ2v) is 6.44. The molecule has 0 bridgehead atoms. The SMILES string of the molecule is CC1CN(Cc2ccc(C(=O)O)s2)CC1N(C)C. The van der Waals surface area contributed by atoms with Crippen LogP contribution in [0.15, 0.2) is 12.1 Å². The van der Waals surface area contributed by atoms with Gasteiger partial charge in [-0.25, -0.2) is 4.79 Å². The fraction of sp³-hybridized carbons (Fsp3) is 0.615. The van der Waals surface area contributed by atoms with Gasteiger partial charge in [0.05, 0.1) is 0 Å². The van der Waals surface area contributed by atoms with E-state index in [-0.39, 0.29) is 0 Å². The summed E-state index contributed by atoms with van der Waals surface area (Å²) in [5.41, 5.74) is 0. The molecule has 2 heterocycles. The second-order valence-electron chi connectivity index (χ2n) is 5.27. The summed E-state index contributed by atoms with van der Waals surface area (Å²) in [4.78, 5) is 17.1. The van der Waals surface area contributed by atoms with Crippen LogP contribution in [0.2, 0.25) is 0 Å². The van der Waals surface area contributed by atoms with Crippen molar-refractivity contribution in [2.75, 3.05) is 27.2 Å². The second kappa shape index (κ2) is 5.38. The number of carbonyl (C=O) groups is 1. The van der Waals surface area contributed by atoms with Crippen LogP contribution in [-0.4, -0.2) is 54.1 Å². The third-order valence-corrected chi connectivity index (χ3v) is 4.62. The Morgan fingerprint density at radius 1 is 1.50 bits per heavy atom. The van der Waals surface area contributed by atoms with Crippen LogP contribution in [0.4, 0.5) is 0 Å². The largest absolute Gasteiger partial charge is 0.477 e. The third-order valence-electron chi connectivity index (χ3n) is 3.56. The fourth-order valence-corrected chi connectivity index (χ4v) is 3.54.